The van der Waals surface area contributed by atoms with Crippen molar-refractivity contribution in [2.45, 2.75) is 6.92 Å². The minimum atomic E-state index is -2.94. The van der Waals surface area contributed by atoms with E-state index in [1.807, 2.05) is 6.92 Å². The van der Waals surface area contributed by atoms with Crippen LogP contribution in [0.1, 0.15) is 6.92 Å². The zero-order valence-corrected chi connectivity index (χ0v) is 6.81. The van der Waals surface area contributed by atoms with Crippen molar-refractivity contribution in [2.24, 2.45) is 5.92 Å². The smallest absolute Gasteiger partial charge is 0.175 e. The van der Waals surface area contributed by atoms with Gasteiger partial charge in [-0.15, -0.1) is 0 Å². The molecule has 0 aliphatic carbocycles. The summed E-state index contributed by atoms with van der Waals surface area (Å²) in [6.45, 7) is 1.83. The molecule has 0 radical (unpaired) electrons. The summed E-state index contributed by atoms with van der Waals surface area (Å²) in [6, 6.07) is 0. The fraction of sp³-hybridized carbons (Fsp3) is 0.667. The van der Waals surface area contributed by atoms with E-state index in [9.17, 15) is 8.42 Å². The van der Waals surface area contributed by atoms with Crippen LogP contribution in [-0.2, 0) is 14.6 Å². The Bertz CT molecular complexity index is 250. The molecule has 0 aromatic carbocycles. The molecule has 0 aromatic heterocycles. The highest BCUT2D eigenvalue weighted by molar-refractivity contribution is 7.94. The first-order valence-electron chi connectivity index (χ1n) is 3.03. The quantitative estimate of drug-likeness (QED) is 0.565. The fourth-order valence-corrected chi connectivity index (χ4v) is 2.66. The number of hydrogen-bond donors (Lipinski definition) is 0. The molecule has 1 aliphatic heterocycles. The molecule has 0 amide bonds. The summed E-state index contributed by atoms with van der Waals surface area (Å²) in [6.07, 6.45) is 0. The van der Waals surface area contributed by atoms with Gasteiger partial charge in [0.25, 0.3) is 0 Å². The van der Waals surface area contributed by atoms with Gasteiger partial charge >= 0.3 is 0 Å². The van der Waals surface area contributed by atoms with Crippen LogP contribution in [0.3, 0.4) is 0 Å². The molecule has 0 saturated carbocycles. The van der Waals surface area contributed by atoms with E-state index in [2.05, 4.69) is 0 Å². The maximum Gasteiger partial charge on any atom is 0.175 e. The molecule has 1 unspecified atom stereocenters. The maximum atomic E-state index is 10.9. The third kappa shape index (κ3) is 1.31. The number of sulfone groups is 1. The average Bonchev–Trinajstić information content (AvgIpc) is 2.05. The van der Waals surface area contributed by atoms with Crippen LogP contribution in [0.15, 0.2) is 11.2 Å². The lowest BCUT2D eigenvalue weighted by molar-refractivity contribution is 0.259. The van der Waals surface area contributed by atoms with E-state index in [0.29, 0.717) is 5.76 Å². The van der Waals surface area contributed by atoms with Crippen molar-refractivity contribution in [1.29, 1.82) is 0 Å². The molecule has 10 heavy (non-hydrogen) atoms. The van der Waals surface area contributed by atoms with Gasteiger partial charge in [0.05, 0.1) is 18.3 Å². The molecule has 0 aromatic rings. The van der Waals surface area contributed by atoms with Crippen molar-refractivity contribution in [3.05, 3.63) is 11.2 Å². The molecule has 0 saturated heterocycles. The molecule has 0 bridgehead atoms. The normalized spacial score (nSPS) is 29.8. The summed E-state index contributed by atoms with van der Waals surface area (Å²) in [5, 5.41) is 1.21. The lowest BCUT2D eigenvalue weighted by Crippen LogP contribution is -2.03. The van der Waals surface area contributed by atoms with E-state index in [0.717, 1.165) is 0 Å². The summed E-state index contributed by atoms with van der Waals surface area (Å²) in [7, 11) is -1.45. The van der Waals surface area contributed by atoms with Crippen LogP contribution in [0, 0.1) is 5.92 Å². The minimum absolute atomic E-state index is 0.0231. The van der Waals surface area contributed by atoms with Crippen molar-refractivity contribution in [3.8, 4) is 0 Å². The Morgan fingerprint density at radius 3 is 2.50 bits per heavy atom. The summed E-state index contributed by atoms with van der Waals surface area (Å²) < 4.78 is 26.5. The van der Waals surface area contributed by atoms with Gasteiger partial charge in [0.2, 0.25) is 0 Å². The highest BCUT2D eigenvalue weighted by Crippen LogP contribution is 2.22. The Balaban J connectivity index is 2.94. The molecular formula is C6H10O3S. The molecule has 0 N–H and O–H groups in total. The molecular weight excluding hydrogens is 152 g/mol. The van der Waals surface area contributed by atoms with Gasteiger partial charge in [-0.2, -0.15) is 0 Å². The van der Waals surface area contributed by atoms with Gasteiger partial charge < -0.3 is 4.74 Å². The summed E-state index contributed by atoms with van der Waals surface area (Å²) >= 11 is 0. The predicted molar refractivity (Wildman–Crippen MR) is 38.0 cm³/mol. The standard InChI is InChI=1S/C6H10O3S/c1-5-3-10(7,8)4-6(5)9-2/h4-5H,3H2,1-2H3. The predicted octanol–water partition coefficient (Wildman–Crippen LogP) is 0.539. The van der Waals surface area contributed by atoms with E-state index in [1.165, 1.54) is 12.5 Å². The molecule has 3 nitrogen and oxygen atoms in total. The average molecular weight is 162 g/mol. The zero-order chi connectivity index (χ0) is 7.78. The molecule has 0 spiro atoms. The lowest BCUT2D eigenvalue weighted by atomic mass is 10.2. The van der Waals surface area contributed by atoms with Gasteiger partial charge in [0.15, 0.2) is 9.84 Å². The second-order valence-corrected chi connectivity index (χ2v) is 4.35. The number of ether oxygens (including phenoxy) is 1. The number of methoxy groups -OCH3 is 1. The third-order valence-corrected chi connectivity index (χ3v) is 3.06. The van der Waals surface area contributed by atoms with Crippen molar-refractivity contribution in [3.63, 3.8) is 0 Å². The number of rotatable bonds is 1. The van der Waals surface area contributed by atoms with Crippen LogP contribution >= 0.6 is 0 Å². The maximum absolute atomic E-state index is 10.9. The second-order valence-electron chi connectivity index (χ2n) is 2.45. The second kappa shape index (κ2) is 2.27. The van der Waals surface area contributed by atoms with Crippen LogP contribution < -0.4 is 0 Å². The molecule has 58 valence electrons. The SMILES string of the molecule is COC1=CS(=O)(=O)CC1C. The first-order chi connectivity index (χ1) is 4.55. The highest BCUT2D eigenvalue weighted by Gasteiger charge is 2.26. The summed E-state index contributed by atoms with van der Waals surface area (Å²) in [5.41, 5.74) is 0. The van der Waals surface area contributed by atoms with Crippen LogP contribution in [-0.4, -0.2) is 21.3 Å². The van der Waals surface area contributed by atoms with E-state index < -0.39 is 9.84 Å². The lowest BCUT2D eigenvalue weighted by Gasteiger charge is -2.03. The summed E-state index contributed by atoms with van der Waals surface area (Å²) in [4.78, 5) is 0. The Kier molecular flexibility index (Phi) is 1.72. The molecule has 1 heterocycles. The monoisotopic (exact) mass is 162 g/mol. The Hall–Kier alpha value is -0.510. The molecule has 1 aliphatic rings. The first-order valence-corrected chi connectivity index (χ1v) is 4.75. The largest absolute Gasteiger partial charge is 0.500 e. The van der Waals surface area contributed by atoms with Crippen LogP contribution in [0.25, 0.3) is 0 Å². The van der Waals surface area contributed by atoms with Gasteiger partial charge in [-0.1, -0.05) is 6.92 Å². The Morgan fingerprint density at radius 2 is 2.30 bits per heavy atom. The Morgan fingerprint density at radius 1 is 1.70 bits per heavy atom. The zero-order valence-electron chi connectivity index (χ0n) is 5.99. The molecule has 1 atom stereocenters. The van der Waals surface area contributed by atoms with Crippen molar-refractivity contribution < 1.29 is 13.2 Å². The van der Waals surface area contributed by atoms with Gasteiger partial charge in [-0.25, -0.2) is 8.42 Å². The molecule has 4 heteroatoms. The van der Waals surface area contributed by atoms with Gasteiger partial charge in [-0.05, 0) is 0 Å². The minimum Gasteiger partial charge on any atom is -0.500 e. The van der Waals surface area contributed by atoms with Gasteiger partial charge in [0, 0.05) is 5.92 Å². The van der Waals surface area contributed by atoms with Crippen molar-refractivity contribution >= 4 is 9.84 Å². The number of allylic oxidation sites excluding steroid dienone is 1. The third-order valence-electron chi connectivity index (χ3n) is 1.50. The van der Waals surface area contributed by atoms with Crippen molar-refractivity contribution in [2.75, 3.05) is 12.9 Å². The van der Waals surface area contributed by atoms with E-state index in [-0.39, 0.29) is 11.7 Å². The van der Waals surface area contributed by atoms with Crippen LogP contribution in [0.2, 0.25) is 0 Å². The van der Waals surface area contributed by atoms with Crippen molar-refractivity contribution in [1.82, 2.24) is 0 Å². The first kappa shape index (κ1) is 7.60. The molecule has 0 fully saturated rings. The van der Waals surface area contributed by atoms with E-state index in [1.54, 1.807) is 0 Å². The Labute approximate surface area is 60.6 Å². The van der Waals surface area contributed by atoms with E-state index >= 15 is 0 Å². The van der Waals surface area contributed by atoms with Gasteiger partial charge in [0.1, 0.15) is 5.76 Å². The topological polar surface area (TPSA) is 43.4 Å². The van der Waals surface area contributed by atoms with Crippen LogP contribution in [0.5, 0.6) is 0 Å². The fourth-order valence-electron chi connectivity index (χ4n) is 1.02. The summed E-state index contributed by atoms with van der Waals surface area (Å²) in [5.74, 6) is 0.783. The number of hydrogen-bond acceptors (Lipinski definition) is 3. The molecule has 1 rings (SSSR count). The van der Waals surface area contributed by atoms with E-state index in [4.69, 9.17) is 4.74 Å². The van der Waals surface area contributed by atoms with Crippen LogP contribution in [0.4, 0.5) is 0 Å². The highest BCUT2D eigenvalue weighted by atomic mass is 32.2. The van der Waals surface area contributed by atoms with Gasteiger partial charge in [-0.3, -0.25) is 0 Å².